The van der Waals surface area contributed by atoms with Crippen molar-refractivity contribution in [3.63, 3.8) is 0 Å². The van der Waals surface area contributed by atoms with Crippen LogP contribution in [0.25, 0.3) is 0 Å². The van der Waals surface area contributed by atoms with Crippen LogP contribution < -0.4 is 4.74 Å². The van der Waals surface area contributed by atoms with Crippen LogP contribution in [0.15, 0.2) is 36.4 Å². The maximum absolute atomic E-state index is 9.47. The fraction of sp³-hybridized carbons (Fsp3) is 0.143. The van der Waals surface area contributed by atoms with Crippen LogP contribution in [0.1, 0.15) is 11.1 Å². The summed E-state index contributed by atoms with van der Waals surface area (Å²) in [5, 5.41) is 28.0. The van der Waals surface area contributed by atoms with Crippen LogP contribution in [-0.2, 0) is 6.61 Å². The lowest BCUT2D eigenvalue weighted by molar-refractivity contribution is 0.280. The van der Waals surface area contributed by atoms with Crippen molar-refractivity contribution >= 4 is 0 Å². The van der Waals surface area contributed by atoms with Crippen LogP contribution in [0.2, 0.25) is 0 Å². The molecule has 0 heterocycles. The quantitative estimate of drug-likeness (QED) is 0.778. The number of hydrogen-bond acceptors (Lipinski definition) is 4. The molecule has 0 aromatic heterocycles. The molecular weight excluding hydrogens is 232 g/mol. The number of aliphatic hydroxyl groups excluding tert-OH is 1. The van der Waals surface area contributed by atoms with Gasteiger partial charge in [0.05, 0.1) is 6.61 Å². The third kappa shape index (κ3) is 2.93. The van der Waals surface area contributed by atoms with Gasteiger partial charge in [-0.1, -0.05) is 0 Å². The van der Waals surface area contributed by atoms with Crippen molar-refractivity contribution in [2.75, 3.05) is 0 Å². The predicted molar refractivity (Wildman–Crippen MR) is 66.9 cm³/mol. The lowest BCUT2D eigenvalue weighted by Gasteiger charge is -2.09. The maximum Gasteiger partial charge on any atom is 0.131 e. The maximum atomic E-state index is 9.47. The number of aryl methyl sites for hydroxylation is 1. The summed E-state index contributed by atoms with van der Waals surface area (Å²) >= 11 is 0. The van der Waals surface area contributed by atoms with E-state index in [0.717, 1.165) is 5.56 Å². The van der Waals surface area contributed by atoms with Gasteiger partial charge in [-0.2, -0.15) is 0 Å². The number of benzene rings is 2. The number of phenols is 2. The second kappa shape index (κ2) is 4.98. The predicted octanol–water partition coefficient (Wildman–Crippen LogP) is 2.69. The molecule has 0 atom stereocenters. The highest BCUT2D eigenvalue weighted by Gasteiger charge is 2.04. The molecule has 94 valence electrons. The second-order valence-electron chi connectivity index (χ2n) is 4.10. The van der Waals surface area contributed by atoms with E-state index >= 15 is 0 Å². The van der Waals surface area contributed by atoms with Gasteiger partial charge in [0.15, 0.2) is 0 Å². The molecule has 0 aliphatic rings. The van der Waals surface area contributed by atoms with E-state index in [0.29, 0.717) is 17.1 Å². The van der Waals surface area contributed by atoms with Gasteiger partial charge in [0.1, 0.15) is 23.0 Å². The van der Waals surface area contributed by atoms with Crippen LogP contribution in [0.4, 0.5) is 0 Å². The van der Waals surface area contributed by atoms with E-state index in [1.54, 1.807) is 18.2 Å². The van der Waals surface area contributed by atoms with E-state index < -0.39 is 0 Å². The Balaban J connectivity index is 2.30. The molecule has 0 spiro atoms. The van der Waals surface area contributed by atoms with Gasteiger partial charge >= 0.3 is 0 Å². The molecule has 4 heteroatoms. The SMILES string of the molecule is Cc1cc(O)cc(Oc2cc(O)cc(CO)c2)c1. The zero-order chi connectivity index (χ0) is 13.1. The Hall–Kier alpha value is -2.20. The van der Waals surface area contributed by atoms with Gasteiger partial charge in [-0.25, -0.2) is 0 Å². The molecule has 2 aromatic carbocycles. The summed E-state index contributed by atoms with van der Waals surface area (Å²) in [7, 11) is 0. The first-order valence-corrected chi connectivity index (χ1v) is 5.49. The van der Waals surface area contributed by atoms with Gasteiger partial charge in [0.2, 0.25) is 0 Å². The number of phenolic OH excluding ortho intramolecular Hbond substituents is 2. The largest absolute Gasteiger partial charge is 0.508 e. The van der Waals surface area contributed by atoms with Crippen molar-refractivity contribution in [3.05, 3.63) is 47.5 Å². The Morgan fingerprint density at radius 1 is 0.889 bits per heavy atom. The Morgan fingerprint density at radius 3 is 2.11 bits per heavy atom. The Morgan fingerprint density at radius 2 is 1.50 bits per heavy atom. The number of aliphatic hydroxyl groups is 1. The smallest absolute Gasteiger partial charge is 0.131 e. The van der Waals surface area contributed by atoms with Crippen molar-refractivity contribution in [2.45, 2.75) is 13.5 Å². The van der Waals surface area contributed by atoms with Crippen molar-refractivity contribution in [2.24, 2.45) is 0 Å². The third-order valence-corrected chi connectivity index (χ3v) is 2.40. The van der Waals surface area contributed by atoms with Crippen LogP contribution in [-0.4, -0.2) is 15.3 Å². The van der Waals surface area contributed by atoms with Gasteiger partial charge in [-0.05, 0) is 42.3 Å². The van der Waals surface area contributed by atoms with Gasteiger partial charge in [0, 0.05) is 12.1 Å². The van der Waals surface area contributed by atoms with Crippen molar-refractivity contribution < 1.29 is 20.1 Å². The average molecular weight is 246 g/mol. The first kappa shape index (κ1) is 12.3. The van der Waals surface area contributed by atoms with E-state index in [4.69, 9.17) is 9.84 Å². The Bertz CT molecular complexity index is 543. The summed E-state index contributed by atoms with van der Waals surface area (Å²) in [5.41, 5.74) is 1.43. The second-order valence-corrected chi connectivity index (χ2v) is 4.10. The topological polar surface area (TPSA) is 69.9 Å². The molecule has 0 aliphatic carbocycles. The zero-order valence-corrected chi connectivity index (χ0v) is 9.92. The van der Waals surface area contributed by atoms with Gasteiger partial charge in [-0.3, -0.25) is 0 Å². The highest BCUT2D eigenvalue weighted by atomic mass is 16.5. The first-order chi connectivity index (χ1) is 8.56. The first-order valence-electron chi connectivity index (χ1n) is 5.49. The van der Waals surface area contributed by atoms with Crippen molar-refractivity contribution in [1.29, 1.82) is 0 Å². The fourth-order valence-corrected chi connectivity index (χ4v) is 1.72. The molecule has 18 heavy (non-hydrogen) atoms. The zero-order valence-electron chi connectivity index (χ0n) is 9.92. The number of ether oxygens (including phenoxy) is 1. The third-order valence-electron chi connectivity index (χ3n) is 2.40. The van der Waals surface area contributed by atoms with Gasteiger partial charge in [0.25, 0.3) is 0 Å². The minimum absolute atomic E-state index is 0.0217. The molecule has 4 nitrogen and oxygen atoms in total. The van der Waals surface area contributed by atoms with E-state index in [-0.39, 0.29) is 18.1 Å². The summed E-state index contributed by atoms with van der Waals surface area (Å²) < 4.78 is 5.53. The molecule has 0 fully saturated rings. The minimum Gasteiger partial charge on any atom is -0.508 e. The molecule has 0 bridgehead atoms. The van der Waals surface area contributed by atoms with Crippen LogP contribution >= 0.6 is 0 Å². The highest BCUT2D eigenvalue weighted by Crippen LogP contribution is 2.29. The van der Waals surface area contributed by atoms with E-state index in [1.165, 1.54) is 18.2 Å². The molecule has 2 rings (SSSR count). The molecule has 2 aromatic rings. The summed E-state index contributed by atoms with van der Waals surface area (Å²) in [4.78, 5) is 0. The highest BCUT2D eigenvalue weighted by molar-refractivity contribution is 5.43. The minimum atomic E-state index is -0.177. The standard InChI is InChI=1S/C14H14O4/c1-9-2-11(16)6-13(3-9)18-14-5-10(8-15)4-12(17)7-14/h2-7,15-17H,8H2,1H3. The van der Waals surface area contributed by atoms with Crippen molar-refractivity contribution in [3.8, 4) is 23.0 Å². The fourth-order valence-electron chi connectivity index (χ4n) is 1.72. The van der Waals surface area contributed by atoms with Crippen molar-refractivity contribution in [1.82, 2.24) is 0 Å². The van der Waals surface area contributed by atoms with Crippen LogP contribution in [0, 0.1) is 6.92 Å². The van der Waals surface area contributed by atoms with Crippen LogP contribution in [0.5, 0.6) is 23.0 Å². The Labute approximate surface area is 105 Å². The summed E-state index contributed by atoms with van der Waals surface area (Å²) in [6.07, 6.45) is 0. The van der Waals surface area contributed by atoms with Gasteiger partial charge < -0.3 is 20.1 Å². The van der Waals surface area contributed by atoms with E-state index in [2.05, 4.69) is 0 Å². The molecule has 0 amide bonds. The summed E-state index contributed by atoms with van der Waals surface area (Å²) in [5.74, 6) is 1.02. The number of aromatic hydroxyl groups is 2. The number of hydrogen-bond donors (Lipinski definition) is 3. The lowest BCUT2D eigenvalue weighted by atomic mass is 10.2. The summed E-state index contributed by atoms with van der Waals surface area (Å²) in [6, 6.07) is 9.39. The molecule has 0 saturated carbocycles. The van der Waals surface area contributed by atoms with Crippen LogP contribution in [0.3, 0.4) is 0 Å². The molecular formula is C14H14O4. The average Bonchev–Trinajstić information content (AvgIpc) is 2.26. The molecule has 0 radical (unpaired) electrons. The van der Waals surface area contributed by atoms with Gasteiger partial charge in [-0.15, -0.1) is 0 Å². The molecule has 0 unspecified atom stereocenters. The molecule has 0 saturated heterocycles. The normalized spacial score (nSPS) is 10.3. The van der Waals surface area contributed by atoms with E-state index in [1.807, 2.05) is 6.92 Å². The molecule has 0 aliphatic heterocycles. The lowest BCUT2D eigenvalue weighted by Crippen LogP contribution is -1.88. The number of rotatable bonds is 3. The molecule has 3 N–H and O–H groups in total. The monoisotopic (exact) mass is 246 g/mol. The Kier molecular flexibility index (Phi) is 3.39. The van der Waals surface area contributed by atoms with E-state index in [9.17, 15) is 10.2 Å². The summed E-state index contributed by atoms with van der Waals surface area (Å²) in [6.45, 7) is 1.66.